The Kier molecular flexibility index (Phi) is 4.96. The summed E-state index contributed by atoms with van der Waals surface area (Å²) in [5.74, 6) is -1.27. The maximum atomic E-state index is 13.1. The second-order valence-electron chi connectivity index (χ2n) is 3.56. The first kappa shape index (κ1) is 15.1. The summed E-state index contributed by atoms with van der Waals surface area (Å²) in [5, 5.41) is 7.23. The van der Waals surface area contributed by atoms with Gasteiger partial charge in [0.2, 0.25) is 15.9 Å². The fourth-order valence-electron chi connectivity index (χ4n) is 1.28. The van der Waals surface area contributed by atoms with Crippen LogP contribution in [-0.2, 0) is 14.8 Å². The summed E-state index contributed by atoms with van der Waals surface area (Å²) < 4.78 is 35.6. The number of hydrogen-bond donors (Lipinski definition) is 2. The van der Waals surface area contributed by atoms with E-state index in [1.54, 1.807) is 19.1 Å². The zero-order valence-electron chi connectivity index (χ0n) is 10.1. The van der Waals surface area contributed by atoms with Crippen LogP contribution < -0.4 is 10.5 Å². The second-order valence-corrected chi connectivity index (χ2v) is 5.09. The first-order chi connectivity index (χ1) is 8.84. The molecule has 1 rings (SSSR count). The van der Waals surface area contributed by atoms with Gasteiger partial charge in [-0.2, -0.15) is 0 Å². The van der Waals surface area contributed by atoms with Crippen molar-refractivity contribution in [3.05, 3.63) is 48.3 Å². The fraction of sp³-hybridized carbons (Fsp3) is 0.0833. The van der Waals surface area contributed by atoms with Gasteiger partial charge in [0.25, 0.3) is 0 Å². The van der Waals surface area contributed by atoms with Gasteiger partial charge < -0.3 is 5.32 Å². The second kappa shape index (κ2) is 6.26. The minimum Gasteiger partial charge on any atom is -0.321 e. The molecular weight excluding hydrogens is 271 g/mol. The van der Waals surface area contributed by atoms with Crippen LogP contribution in [0.3, 0.4) is 0 Å². The van der Waals surface area contributed by atoms with Gasteiger partial charge in [-0.15, -0.1) is 0 Å². The Morgan fingerprint density at radius 1 is 1.37 bits per heavy atom. The van der Waals surface area contributed by atoms with Gasteiger partial charge in [-0.05, 0) is 25.1 Å². The summed E-state index contributed by atoms with van der Waals surface area (Å²) in [4.78, 5) is 11.1. The summed E-state index contributed by atoms with van der Waals surface area (Å²) in [6.07, 6.45) is 5.97. The maximum absolute atomic E-state index is 13.1. The average molecular weight is 284 g/mol. The van der Waals surface area contributed by atoms with Crippen LogP contribution in [0.4, 0.5) is 10.1 Å². The van der Waals surface area contributed by atoms with Crippen molar-refractivity contribution in [2.75, 3.05) is 5.32 Å². The molecule has 0 aliphatic carbocycles. The van der Waals surface area contributed by atoms with E-state index >= 15 is 0 Å². The average Bonchev–Trinajstić information content (AvgIpc) is 2.27. The number of hydrogen-bond acceptors (Lipinski definition) is 3. The molecule has 19 heavy (non-hydrogen) atoms. The lowest BCUT2D eigenvalue weighted by Gasteiger charge is -2.08. The minimum absolute atomic E-state index is 0.197. The van der Waals surface area contributed by atoms with E-state index in [4.69, 9.17) is 5.14 Å². The molecule has 3 N–H and O–H groups in total. The zero-order chi connectivity index (χ0) is 14.5. The highest BCUT2D eigenvalue weighted by Gasteiger charge is 2.15. The Morgan fingerprint density at radius 3 is 2.63 bits per heavy atom. The van der Waals surface area contributed by atoms with Crippen LogP contribution in [0.5, 0.6) is 0 Å². The maximum Gasteiger partial charge on any atom is 0.248 e. The number of nitrogens with one attached hydrogen (secondary N) is 1. The smallest absolute Gasteiger partial charge is 0.248 e. The topological polar surface area (TPSA) is 89.3 Å². The lowest BCUT2D eigenvalue weighted by Crippen LogP contribution is -2.17. The van der Waals surface area contributed by atoms with Crippen LogP contribution in [0.15, 0.2) is 47.4 Å². The highest BCUT2D eigenvalue weighted by Crippen LogP contribution is 2.21. The van der Waals surface area contributed by atoms with Crippen molar-refractivity contribution in [3.8, 4) is 0 Å². The molecule has 1 aromatic carbocycles. The van der Waals surface area contributed by atoms with Crippen molar-refractivity contribution in [2.45, 2.75) is 11.8 Å². The molecule has 0 unspecified atom stereocenters. The largest absolute Gasteiger partial charge is 0.321 e. The fourth-order valence-corrected chi connectivity index (χ4v) is 1.95. The zero-order valence-corrected chi connectivity index (χ0v) is 10.9. The molecule has 0 fully saturated rings. The SMILES string of the molecule is C/C=C/C=C/C(=O)Nc1cc(F)ccc1S(N)(=O)=O. The quantitative estimate of drug-likeness (QED) is 0.649. The number of carbonyl (C=O) groups excluding carboxylic acids is 1. The normalized spacial score (nSPS) is 12.2. The Labute approximate surface area is 110 Å². The monoisotopic (exact) mass is 284 g/mol. The van der Waals surface area contributed by atoms with E-state index in [9.17, 15) is 17.6 Å². The van der Waals surface area contributed by atoms with E-state index < -0.39 is 21.7 Å². The summed E-state index contributed by atoms with van der Waals surface area (Å²) in [6.45, 7) is 1.77. The number of halogens is 1. The van der Waals surface area contributed by atoms with Gasteiger partial charge in [0.05, 0.1) is 5.69 Å². The van der Waals surface area contributed by atoms with E-state index in [1.807, 2.05) is 0 Å². The van der Waals surface area contributed by atoms with Gasteiger partial charge >= 0.3 is 0 Å². The van der Waals surface area contributed by atoms with E-state index in [1.165, 1.54) is 12.2 Å². The van der Waals surface area contributed by atoms with Gasteiger partial charge in [-0.1, -0.05) is 18.2 Å². The van der Waals surface area contributed by atoms with Gasteiger partial charge in [-0.25, -0.2) is 17.9 Å². The Bertz CT molecular complexity index is 636. The van der Waals surface area contributed by atoms with Crippen molar-refractivity contribution < 1.29 is 17.6 Å². The van der Waals surface area contributed by atoms with Crippen molar-refractivity contribution in [1.82, 2.24) is 0 Å². The lowest BCUT2D eigenvalue weighted by molar-refractivity contribution is -0.111. The van der Waals surface area contributed by atoms with E-state index in [0.29, 0.717) is 0 Å². The third-order valence-corrected chi connectivity index (χ3v) is 3.03. The number of carbonyl (C=O) groups is 1. The summed E-state index contributed by atoms with van der Waals surface area (Å²) in [5.41, 5.74) is -0.197. The first-order valence-electron chi connectivity index (χ1n) is 5.27. The molecule has 0 radical (unpaired) electrons. The van der Waals surface area contributed by atoms with Crippen molar-refractivity contribution in [1.29, 1.82) is 0 Å². The molecule has 1 aromatic rings. The highest BCUT2D eigenvalue weighted by atomic mass is 32.2. The molecule has 0 aliphatic heterocycles. The van der Waals surface area contributed by atoms with Gasteiger partial charge in [0, 0.05) is 6.08 Å². The summed E-state index contributed by atoms with van der Waals surface area (Å²) in [6, 6.07) is 2.84. The highest BCUT2D eigenvalue weighted by molar-refractivity contribution is 7.89. The number of primary sulfonamides is 1. The molecule has 0 heterocycles. The molecule has 0 bridgehead atoms. The van der Waals surface area contributed by atoms with Gasteiger partial charge in [0.1, 0.15) is 10.7 Å². The number of rotatable bonds is 4. The first-order valence-corrected chi connectivity index (χ1v) is 6.82. The molecule has 0 atom stereocenters. The van der Waals surface area contributed by atoms with Crippen molar-refractivity contribution in [3.63, 3.8) is 0 Å². The van der Waals surface area contributed by atoms with Crippen LogP contribution in [0.2, 0.25) is 0 Å². The number of allylic oxidation sites excluding steroid dienone is 3. The molecule has 0 saturated carbocycles. The lowest BCUT2D eigenvalue weighted by atomic mass is 10.3. The molecule has 5 nitrogen and oxygen atoms in total. The molecule has 0 aliphatic rings. The minimum atomic E-state index is -4.04. The predicted molar refractivity (Wildman–Crippen MR) is 70.4 cm³/mol. The van der Waals surface area contributed by atoms with Gasteiger partial charge in [-0.3, -0.25) is 4.79 Å². The number of benzene rings is 1. The Morgan fingerprint density at radius 2 is 2.05 bits per heavy atom. The number of sulfonamides is 1. The van der Waals surface area contributed by atoms with Crippen LogP contribution in [-0.4, -0.2) is 14.3 Å². The standard InChI is InChI=1S/C12H13FN2O3S/c1-2-3-4-5-12(16)15-10-8-9(13)6-7-11(10)19(14,17)18/h2-8H,1H3,(H,15,16)(H2,14,17,18)/b3-2+,5-4+. The third-order valence-electron chi connectivity index (χ3n) is 2.06. The Balaban J connectivity index is 3.07. The molecule has 0 saturated heterocycles. The van der Waals surface area contributed by atoms with Gasteiger partial charge in [0.15, 0.2) is 0 Å². The van der Waals surface area contributed by atoms with E-state index in [-0.39, 0.29) is 10.6 Å². The van der Waals surface area contributed by atoms with Crippen LogP contribution >= 0.6 is 0 Å². The van der Waals surface area contributed by atoms with Crippen LogP contribution in [0.1, 0.15) is 6.92 Å². The van der Waals surface area contributed by atoms with Crippen LogP contribution in [0, 0.1) is 5.82 Å². The molecule has 7 heteroatoms. The molecule has 0 spiro atoms. The summed E-state index contributed by atoms with van der Waals surface area (Å²) >= 11 is 0. The number of amides is 1. The molecule has 1 amide bonds. The van der Waals surface area contributed by atoms with Crippen molar-refractivity contribution in [2.24, 2.45) is 5.14 Å². The number of nitrogens with two attached hydrogens (primary N) is 1. The third kappa shape index (κ3) is 4.65. The molecule has 102 valence electrons. The van der Waals surface area contributed by atoms with Crippen LogP contribution in [0.25, 0.3) is 0 Å². The Hall–Kier alpha value is -1.99. The van der Waals surface area contributed by atoms with E-state index in [2.05, 4.69) is 5.32 Å². The predicted octanol–water partition coefficient (Wildman–Crippen LogP) is 1.54. The molecular formula is C12H13FN2O3S. The van der Waals surface area contributed by atoms with E-state index in [0.717, 1.165) is 18.2 Å². The van der Waals surface area contributed by atoms with Crippen molar-refractivity contribution >= 4 is 21.6 Å². The number of anilines is 1. The molecule has 0 aromatic heterocycles. The summed E-state index contributed by atoms with van der Waals surface area (Å²) in [7, 11) is -4.04.